The summed E-state index contributed by atoms with van der Waals surface area (Å²) in [6.07, 6.45) is 0. The predicted molar refractivity (Wildman–Crippen MR) is 126 cm³/mol. The fraction of sp³-hybridized carbons (Fsp3) is 0. The Morgan fingerprint density at radius 3 is 1.42 bits per heavy atom. The van der Waals surface area contributed by atoms with E-state index in [1.807, 2.05) is 0 Å². The lowest BCUT2D eigenvalue weighted by molar-refractivity contribution is 0.0686. The van der Waals surface area contributed by atoms with E-state index >= 15 is 0 Å². The molecule has 3 aromatic rings. The minimum atomic E-state index is -1.28. The molecule has 36 heavy (non-hydrogen) atoms. The van der Waals surface area contributed by atoms with E-state index in [4.69, 9.17) is 23.2 Å². The molecule has 178 valence electrons. The van der Waals surface area contributed by atoms with E-state index in [9.17, 15) is 39.0 Å². The van der Waals surface area contributed by atoms with Gasteiger partial charge in [0.05, 0.1) is 54.8 Å². The zero-order valence-corrected chi connectivity index (χ0v) is 19.1. The van der Waals surface area contributed by atoms with Gasteiger partial charge in [0.1, 0.15) is 0 Å². The smallest absolute Gasteiger partial charge is 0.335 e. The Morgan fingerprint density at radius 1 is 0.583 bits per heavy atom. The molecule has 0 saturated carbocycles. The zero-order chi connectivity index (χ0) is 26.0. The lowest BCUT2D eigenvalue weighted by Gasteiger charge is -2.21. The maximum absolute atomic E-state index is 13.0. The SMILES string of the molecule is O=C(O)c1ccc2c(c1)C(=O)N(c1cc(Cl)c(N3C(=O)c4ccc(C(=O)O)cc4C3=O)c(Cl)c1)C2=O. The molecule has 4 amide bonds. The topological polar surface area (TPSA) is 149 Å². The third-order valence-corrected chi connectivity index (χ3v) is 6.33. The van der Waals surface area contributed by atoms with Crippen LogP contribution in [-0.2, 0) is 0 Å². The van der Waals surface area contributed by atoms with Crippen molar-refractivity contribution in [2.45, 2.75) is 0 Å². The van der Waals surface area contributed by atoms with Crippen molar-refractivity contribution in [3.63, 3.8) is 0 Å². The van der Waals surface area contributed by atoms with Crippen LogP contribution in [-0.4, -0.2) is 45.8 Å². The number of halogens is 2. The van der Waals surface area contributed by atoms with Crippen molar-refractivity contribution in [3.8, 4) is 0 Å². The molecule has 12 heteroatoms. The number of rotatable bonds is 4. The Kier molecular flexibility index (Phi) is 5.16. The quantitative estimate of drug-likeness (QED) is 0.486. The first-order valence-corrected chi connectivity index (χ1v) is 10.8. The highest BCUT2D eigenvalue weighted by atomic mass is 35.5. The first-order valence-electron chi connectivity index (χ1n) is 10.0. The number of carboxylic acids is 2. The van der Waals surface area contributed by atoms with E-state index < -0.39 is 35.6 Å². The van der Waals surface area contributed by atoms with Gasteiger partial charge in [0.2, 0.25) is 0 Å². The van der Waals surface area contributed by atoms with E-state index in [1.165, 1.54) is 24.3 Å². The Morgan fingerprint density at radius 2 is 0.972 bits per heavy atom. The lowest BCUT2D eigenvalue weighted by atomic mass is 10.1. The van der Waals surface area contributed by atoms with E-state index in [2.05, 4.69) is 0 Å². The summed E-state index contributed by atoms with van der Waals surface area (Å²) < 4.78 is 0. The average Bonchev–Trinajstić information content (AvgIpc) is 3.22. The van der Waals surface area contributed by atoms with Crippen molar-refractivity contribution in [3.05, 3.63) is 92.0 Å². The highest BCUT2D eigenvalue weighted by molar-refractivity contribution is 6.45. The van der Waals surface area contributed by atoms with Gasteiger partial charge in [-0.1, -0.05) is 23.2 Å². The molecule has 0 bridgehead atoms. The summed E-state index contributed by atoms with van der Waals surface area (Å²) in [6, 6.07) is 9.28. The molecule has 0 atom stereocenters. The van der Waals surface area contributed by atoms with Crippen molar-refractivity contribution in [2.24, 2.45) is 0 Å². The third-order valence-electron chi connectivity index (χ3n) is 5.75. The predicted octanol–water partition coefficient (Wildman–Crippen LogP) is 3.99. The highest BCUT2D eigenvalue weighted by Crippen LogP contribution is 2.42. The molecule has 2 aliphatic heterocycles. The zero-order valence-electron chi connectivity index (χ0n) is 17.6. The molecular weight excluding hydrogens is 515 g/mol. The Labute approximate surface area is 210 Å². The van der Waals surface area contributed by atoms with Crippen LogP contribution in [0.2, 0.25) is 10.0 Å². The van der Waals surface area contributed by atoms with Crippen LogP contribution in [0.15, 0.2) is 48.5 Å². The molecular formula is C24H10Cl2N2O8. The number of carbonyl (C=O) groups excluding carboxylic acids is 4. The first-order chi connectivity index (χ1) is 17.0. The Bertz CT molecular complexity index is 1590. The molecule has 2 heterocycles. The minimum Gasteiger partial charge on any atom is -0.478 e. The van der Waals surface area contributed by atoms with Crippen LogP contribution in [0.3, 0.4) is 0 Å². The maximum Gasteiger partial charge on any atom is 0.335 e. The number of hydrogen-bond donors (Lipinski definition) is 2. The first kappa shape index (κ1) is 23.2. The molecule has 5 rings (SSSR count). The molecule has 10 nitrogen and oxygen atoms in total. The van der Waals surface area contributed by atoms with E-state index in [0.717, 1.165) is 29.2 Å². The summed E-state index contributed by atoms with van der Waals surface area (Å²) >= 11 is 12.7. The minimum absolute atomic E-state index is 0.0177. The second-order valence-corrected chi connectivity index (χ2v) is 8.59. The van der Waals surface area contributed by atoms with Gasteiger partial charge in [0, 0.05) is 0 Å². The summed E-state index contributed by atoms with van der Waals surface area (Å²) in [7, 11) is 0. The fourth-order valence-electron chi connectivity index (χ4n) is 4.08. The number of imide groups is 2. The second kappa shape index (κ2) is 8.01. The van der Waals surface area contributed by atoms with Gasteiger partial charge in [-0.25, -0.2) is 19.4 Å². The van der Waals surface area contributed by atoms with Gasteiger partial charge < -0.3 is 10.2 Å². The van der Waals surface area contributed by atoms with Crippen LogP contribution in [0.1, 0.15) is 62.1 Å². The molecule has 0 radical (unpaired) electrons. The second-order valence-electron chi connectivity index (χ2n) is 7.78. The molecule has 2 aliphatic rings. The van der Waals surface area contributed by atoms with E-state index in [-0.39, 0.29) is 54.8 Å². The van der Waals surface area contributed by atoms with Gasteiger partial charge in [-0.2, -0.15) is 0 Å². The van der Waals surface area contributed by atoms with Gasteiger partial charge in [0.25, 0.3) is 23.6 Å². The van der Waals surface area contributed by atoms with E-state index in [1.54, 1.807) is 0 Å². The van der Waals surface area contributed by atoms with Crippen LogP contribution in [0.5, 0.6) is 0 Å². The molecule has 0 aliphatic carbocycles. The van der Waals surface area contributed by atoms with Gasteiger partial charge in [-0.3, -0.25) is 19.2 Å². The number of carboxylic acid groups (broad SMARTS) is 2. The lowest BCUT2D eigenvalue weighted by Crippen LogP contribution is -2.31. The van der Waals surface area contributed by atoms with Gasteiger partial charge in [0.15, 0.2) is 0 Å². The monoisotopic (exact) mass is 524 g/mol. The van der Waals surface area contributed by atoms with Crippen molar-refractivity contribution < 1.29 is 39.0 Å². The van der Waals surface area contributed by atoms with E-state index in [0.29, 0.717) is 4.90 Å². The van der Waals surface area contributed by atoms with Crippen molar-refractivity contribution >= 4 is 70.1 Å². The number of anilines is 2. The summed E-state index contributed by atoms with van der Waals surface area (Å²) in [6.45, 7) is 0. The molecule has 0 fully saturated rings. The molecule has 0 aromatic heterocycles. The molecule has 0 saturated heterocycles. The summed E-state index contributed by atoms with van der Waals surface area (Å²) in [5, 5.41) is 17.9. The highest BCUT2D eigenvalue weighted by Gasteiger charge is 2.41. The number of aromatic carboxylic acids is 2. The normalized spacial score (nSPS) is 14.4. The fourth-order valence-corrected chi connectivity index (χ4v) is 4.72. The van der Waals surface area contributed by atoms with Crippen molar-refractivity contribution in [1.29, 1.82) is 0 Å². The van der Waals surface area contributed by atoms with Crippen LogP contribution >= 0.6 is 23.2 Å². The van der Waals surface area contributed by atoms with Crippen LogP contribution in [0.25, 0.3) is 0 Å². The summed E-state index contributed by atoms with van der Waals surface area (Å²) in [5.74, 6) is -5.74. The number of nitrogens with zero attached hydrogens (tertiary/aromatic N) is 2. The number of fused-ring (bicyclic) bond motifs is 2. The molecule has 3 aromatic carbocycles. The maximum atomic E-state index is 13.0. The van der Waals surface area contributed by atoms with Crippen molar-refractivity contribution in [2.75, 3.05) is 9.80 Å². The average molecular weight is 525 g/mol. The van der Waals surface area contributed by atoms with Gasteiger partial charge in [-0.15, -0.1) is 0 Å². The molecule has 0 spiro atoms. The van der Waals surface area contributed by atoms with Crippen LogP contribution in [0, 0.1) is 0 Å². The van der Waals surface area contributed by atoms with Gasteiger partial charge >= 0.3 is 11.9 Å². The number of amides is 4. The van der Waals surface area contributed by atoms with Crippen molar-refractivity contribution in [1.82, 2.24) is 0 Å². The summed E-state index contributed by atoms with van der Waals surface area (Å²) in [4.78, 5) is 75.7. The number of carbonyl (C=O) groups is 6. The number of hydrogen-bond acceptors (Lipinski definition) is 6. The molecule has 2 N–H and O–H groups in total. The number of benzene rings is 3. The van der Waals surface area contributed by atoms with Crippen LogP contribution < -0.4 is 9.80 Å². The standard InChI is InChI=1S/C24H10Cl2N2O8/c25-16-7-11(27-19(29)12-3-1-9(23(33)34)5-14(12)21(27)31)8-17(26)18(16)28-20(30)13-4-2-10(24(35)36)6-15(13)22(28)32/h1-8H,(H,33,34)(H,35,36). The van der Waals surface area contributed by atoms with Crippen LogP contribution in [0.4, 0.5) is 11.4 Å². The Balaban J connectivity index is 1.54. The molecule has 0 unspecified atom stereocenters. The Hall–Kier alpha value is -4.54. The third kappa shape index (κ3) is 3.27. The van der Waals surface area contributed by atoms with Gasteiger partial charge in [-0.05, 0) is 48.5 Å². The summed E-state index contributed by atoms with van der Waals surface area (Å²) in [5.41, 5.74) is -0.986. The largest absolute Gasteiger partial charge is 0.478 e.